The number of aryl methyl sites for hydroxylation is 1. The molecular weight excluding hydrogens is 424 g/mol. The zero-order chi connectivity index (χ0) is 23.7. The molecule has 1 aliphatic heterocycles. The fourth-order valence-electron chi connectivity index (χ4n) is 4.20. The molecule has 0 radical (unpaired) electrons. The van der Waals surface area contributed by atoms with Gasteiger partial charge in [0.15, 0.2) is 0 Å². The normalized spacial score (nSPS) is 13.6. The van der Waals surface area contributed by atoms with Gasteiger partial charge in [-0.05, 0) is 55.1 Å². The molecule has 0 saturated heterocycles. The summed E-state index contributed by atoms with van der Waals surface area (Å²) in [6.07, 6.45) is 0. The highest BCUT2D eigenvalue weighted by molar-refractivity contribution is 6.46. The lowest BCUT2D eigenvalue weighted by molar-refractivity contribution is -0.120. The predicted octanol–water partition coefficient (Wildman–Crippen LogP) is 5.94. The molecule has 5 rings (SSSR count). The predicted molar refractivity (Wildman–Crippen MR) is 136 cm³/mol. The summed E-state index contributed by atoms with van der Waals surface area (Å²) < 4.78 is 5.51. The van der Waals surface area contributed by atoms with Gasteiger partial charge >= 0.3 is 0 Å². The number of amides is 2. The lowest BCUT2D eigenvalue weighted by Gasteiger charge is -2.16. The fourth-order valence-corrected chi connectivity index (χ4v) is 4.20. The standard InChI is InChI=1S/C29H24N2O3/c1-3-34-23-17-15-22(16-18-23)31-28(32)26(21-13-11-19(2)12-14-21)27(29(31)33)30-25-10-6-8-20-7-4-5-9-24(20)25/h4-18,30H,3H2,1-2H3. The van der Waals surface area contributed by atoms with Crippen LogP contribution in [0.2, 0.25) is 0 Å². The van der Waals surface area contributed by atoms with Gasteiger partial charge in [-0.1, -0.05) is 66.2 Å². The number of hydrogen-bond donors (Lipinski definition) is 1. The summed E-state index contributed by atoms with van der Waals surface area (Å²) in [7, 11) is 0. The Balaban J connectivity index is 1.61. The minimum absolute atomic E-state index is 0.263. The van der Waals surface area contributed by atoms with E-state index in [0.29, 0.717) is 29.2 Å². The molecule has 0 unspecified atom stereocenters. The lowest BCUT2D eigenvalue weighted by Crippen LogP contribution is -2.32. The number of imide groups is 1. The number of benzene rings is 4. The molecule has 0 spiro atoms. The van der Waals surface area contributed by atoms with Gasteiger partial charge in [-0.3, -0.25) is 9.59 Å². The van der Waals surface area contributed by atoms with Crippen molar-refractivity contribution in [2.24, 2.45) is 0 Å². The first-order valence-corrected chi connectivity index (χ1v) is 11.2. The van der Waals surface area contributed by atoms with Gasteiger partial charge in [0, 0.05) is 11.1 Å². The molecule has 5 nitrogen and oxygen atoms in total. The number of fused-ring (bicyclic) bond motifs is 1. The molecule has 1 N–H and O–H groups in total. The van der Waals surface area contributed by atoms with E-state index in [1.54, 1.807) is 24.3 Å². The Morgan fingerprint density at radius 3 is 2.24 bits per heavy atom. The monoisotopic (exact) mass is 448 g/mol. The summed E-state index contributed by atoms with van der Waals surface area (Å²) in [6.45, 7) is 4.44. The van der Waals surface area contributed by atoms with Crippen LogP contribution in [0.4, 0.5) is 11.4 Å². The van der Waals surface area contributed by atoms with Gasteiger partial charge in [0.05, 0.1) is 17.9 Å². The molecule has 0 bridgehead atoms. The zero-order valence-electron chi connectivity index (χ0n) is 19.0. The van der Waals surface area contributed by atoms with Crippen molar-refractivity contribution >= 4 is 39.5 Å². The Kier molecular flexibility index (Phi) is 5.60. The number of nitrogens with one attached hydrogen (secondary N) is 1. The fraction of sp³-hybridized carbons (Fsp3) is 0.103. The third-order valence-corrected chi connectivity index (χ3v) is 5.88. The lowest BCUT2D eigenvalue weighted by atomic mass is 10.0. The summed E-state index contributed by atoms with van der Waals surface area (Å²) >= 11 is 0. The highest BCUT2D eigenvalue weighted by Crippen LogP contribution is 2.35. The molecule has 0 fully saturated rings. The van der Waals surface area contributed by atoms with Crippen molar-refractivity contribution < 1.29 is 14.3 Å². The molecule has 4 aromatic carbocycles. The van der Waals surface area contributed by atoms with E-state index in [1.165, 1.54) is 4.90 Å². The second-order valence-electron chi connectivity index (χ2n) is 8.14. The Bertz CT molecular complexity index is 1410. The molecule has 168 valence electrons. The van der Waals surface area contributed by atoms with E-state index in [-0.39, 0.29) is 11.6 Å². The Morgan fingerprint density at radius 1 is 0.794 bits per heavy atom. The SMILES string of the molecule is CCOc1ccc(N2C(=O)C(Nc3cccc4ccccc34)=C(c3ccc(C)cc3)C2=O)cc1. The number of carbonyl (C=O) groups excluding carboxylic acids is 2. The number of rotatable bonds is 6. The molecule has 5 heteroatoms. The third kappa shape index (κ3) is 3.82. The molecule has 0 atom stereocenters. The topological polar surface area (TPSA) is 58.6 Å². The van der Waals surface area contributed by atoms with Crippen molar-refractivity contribution in [1.82, 2.24) is 0 Å². The summed E-state index contributed by atoms with van der Waals surface area (Å²) in [5.41, 5.74) is 3.66. The molecule has 0 saturated carbocycles. The second-order valence-corrected chi connectivity index (χ2v) is 8.14. The molecule has 1 aliphatic rings. The van der Waals surface area contributed by atoms with Crippen LogP contribution in [-0.2, 0) is 9.59 Å². The van der Waals surface area contributed by atoms with Crippen LogP contribution in [0.1, 0.15) is 18.1 Å². The summed E-state index contributed by atoms with van der Waals surface area (Å²) in [5.74, 6) is -0.0652. The first-order chi connectivity index (χ1) is 16.6. The highest BCUT2D eigenvalue weighted by atomic mass is 16.5. The average Bonchev–Trinajstić information content (AvgIpc) is 3.10. The molecule has 4 aromatic rings. The van der Waals surface area contributed by atoms with E-state index in [4.69, 9.17) is 4.74 Å². The second kappa shape index (κ2) is 8.87. The number of carbonyl (C=O) groups is 2. The largest absolute Gasteiger partial charge is 0.494 e. The van der Waals surface area contributed by atoms with Crippen LogP contribution in [0.25, 0.3) is 16.3 Å². The van der Waals surface area contributed by atoms with Gasteiger partial charge in [0.1, 0.15) is 11.4 Å². The maximum atomic E-state index is 13.7. The highest BCUT2D eigenvalue weighted by Gasteiger charge is 2.40. The van der Waals surface area contributed by atoms with Crippen molar-refractivity contribution in [1.29, 1.82) is 0 Å². The van der Waals surface area contributed by atoms with E-state index >= 15 is 0 Å². The first kappa shape index (κ1) is 21.5. The van der Waals surface area contributed by atoms with Crippen LogP contribution in [0.15, 0.2) is 96.7 Å². The number of hydrogen-bond acceptors (Lipinski definition) is 4. The Hall–Kier alpha value is -4.38. The Morgan fingerprint density at radius 2 is 1.50 bits per heavy atom. The van der Waals surface area contributed by atoms with Crippen molar-refractivity contribution in [2.75, 3.05) is 16.8 Å². The van der Waals surface area contributed by atoms with Gasteiger partial charge in [0.2, 0.25) is 0 Å². The van der Waals surface area contributed by atoms with Crippen LogP contribution < -0.4 is 15.0 Å². The van der Waals surface area contributed by atoms with Crippen LogP contribution in [0.5, 0.6) is 5.75 Å². The molecule has 2 amide bonds. The maximum absolute atomic E-state index is 13.7. The van der Waals surface area contributed by atoms with E-state index in [1.807, 2.05) is 80.6 Å². The number of anilines is 2. The zero-order valence-corrected chi connectivity index (χ0v) is 19.0. The third-order valence-electron chi connectivity index (χ3n) is 5.88. The van der Waals surface area contributed by atoms with Gasteiger partial charge in [0.25, 0.3) is 11.8 Å². The quantitative estimate of drug-likeness (QED) is 0.371. The molecule has 0 aliphatic carbocycles. The van der Waals surface area contributed by atoms with Gasteiger partial charge < -0.3 is 10.1 Å². The first-order valence-electron chi connectivity index (χ1n) is 11.2. The van der Waals surface area contributed by atoms with Crippen molar-refractivity contribution in [2.45, 2.75) is 13.8 Å². The summed E-state index contributed by atoms with van der Waals surface area (Å²) in [4.78, 5) is 28.5. The van der Waals surface area contributed by atoms with Gasteiger partial charge in [-0.25, -0.2) is 4.90 Å². The Labute approximate surface area is 198 Å². The van der Waals surface area contributed by atoms with Crippen LogP contribution in [0.3, 0.4) is 0 Å². The van der Waals surface area contributed by atoms with E-state index in [0.717, 1.165) is 22.0 Å². The smallest absolute Gasteiger partial charge is 0.282 e. The minimum atomic E-state index is -0.391. The summed E-state index contributed by atoms with van der Waals surface area (Å²) in [5, 5.41) is 5.32. The van der Waals surface area contributed by atoms with Crippen molar-refractivity contribution in [3.63, 3.8) is 0 Å². The van der Waals surface area contributed by atoms with Crippen LogP contribution >= 0.6 is 0 Å². The molecule has 0 aromatic heterocycles. The van der Waals surface area contributed by atoms with Crippen molar-refractivity contribution in [3.8, 4) is 5.75 Å². The van der Waals surface area contributed by atoms with Gasteiger partial charge in [-0.15, -0.1) is 0 Å². The molecule has 1 heterocycles. The van der Waals surface area contributed by atoms with Crippen LogP contribution in [0, 0.1) is 6.92 Å². The van der Waals surface area contributed by atoms with Crippen molar-refractivity contribution in [3.05, 3.63) is 108 Å². The molecule has 34 heavy (non-hydrogen) atoms. The summed E-state index contributed by atoms with van der Waals surface area (Å²) in [6, 6.07) is 28.4. The molecular formula is C29H24N2O3. The average molecular weight is 449 g/mol. The van der Waals surface area contributed by atoms with E-state index in [9.17, 15) is 9.59 Å². The number of nitrogens with zero attached hydrogens (tertiary/aromatic N) is 1. The van der Waals surface area contributed by atoms with E-state index < -0.39 is 5.91 Å². The van der Waals surface area contributed by atoms with Crippen LogP contribution in [-0.4, -0.2) is 18.4 Å². The minimum Gasteiger partial charge on any atom is -0.494 e. The van der Waals surface area contributed by atoms with E-state index in [2.05, 4.69) is 5.32 Å². The van der Waals surface area contributed by atoms with Gasteiger partial charge in [-0.2, -0.15) is 0 Å². The maximum Gasteiger partial charge on any atom is 0.282 e. The number of ether oxygens (including phenoxy) is 1.